The Bertz CT molecular complexity index is 798. The van der Waals surface area contributed by atoms with Gasteiger partial charge in [0.05, 0.1) is 25.2 Å². The van der Waals surface area contributed by atoms with E-state index in [1.165, 1.54) is 0 Å². The summed E-state index contributed by atoms with van der Waals surface area (Å²) in [6.45, 7) is 0.433. The highest BCUT2D eigenvalue weighted by Crippen LogP contribution is 2.24. The molecule has 7 heteroatoms. The Hall–Kier alpha value is -1.86. The molecule has 1 aromatic heterocycles. The summed E-state index contributed by atoms with van der Waals surface area (Å²) in [7, 11) is -1.48. The second-order valence-corrected chi connectivity index (χ2v) is 9.06. The van der Waals surface area contributed by atoms with Crippen LogP contribution >= 0.6 is 11.3 Å². The van der Waals surface area contributed by atoms with Gasteiger partial charge in [0, 0.05) is 16.5 Å². The average Bonchev–Trinajstić information content (AvgIpc) is 3.21. The molecule has 0 aliphatic carbocycles. The molecule has 0 spiro atoms. The van der Waals surface area contributed by atoms with Crippen LogP contribution in [-0.2, 0) is 16.4 Å². The molecule has 1 aliphatic heterocycles. The number of methoxy groups -OCH3 is 1. The first-order chi connectivity index (χ1) is 11.5. The Morgan fingerprint density at radius 1 is 1.29 bits per heavy atom. The molecule has 0 radical (unpaired) electrons. The van der Waals surface area contributed by atoms with Crippen molar-refractivity contribution in [2.75, 3.05) is 18.6 Å². The lowest BCUT2D eigenvalue weighted by Crippen LogP contribution is -2.40. The molecule has 1 aromatic carbocycles. The monoisotopic (exact) mass is 365 g/mol. The molecule has 0 bridgehead atoms. The molecule has 0 N–H and O–H groups in total. The molecule has 1 saturated heterocycles. The molecule has 2 aromatic rings. The van der Waals surface area contributed by atoms with E-state index >= 15 is 0 Å². The number of carbonyl (C=O) groups is 1. The Balaban J connectivity index is 1.86. The van der Waals surface area contributed by atoms with Gasteiger partial charge in [0.1, 0.15) is 5.75 Å². The number of thiophene rings is 1. The standard InChI is InChI=1S/C17H19NO4S2/c1-22-15-6-4-13(5-7-15)17(19)18(11-16-3-2-9-23-16)14-8-10-24(20,21)12-14/h2-7,9,14H,8,10-12H2,1H3/t14-/m0/s1. The fraction of sp³-hybridized carbons (Fsp3) is 0.353. The first-order valence-electron chi connectivity index (χ1n) is 7.66. The van der Waals surface area contributed by atoms with Gasteiger partial charge in [-0.25, -0.2) is 8.42 Å². The third-order valence-corrected chi connectivity index (χ3v) is 6.76. The van der Waals surface area contributed by atoms with Crippen molar-refractivity contribution in [3.63, 3.8) is 0 Å². The number of amides is 1. The maximum absolute atomic E-state index is 13.0. The highest BCUT2D eigenvalue weighted by Gasteiger charge is 2.35. The lowest BCUT2D eigenvalue weighted by molar-refractivity contribution is 0.0683. The van der Waals surface area contributed by atoms with Crippen molar-refractivity contribution in [3.8, 4) is 5.75 Å². The zero-order valence-corrected chi connectivity index (χ0v) is 15.0. The molecule has 0 saturated carbocycles. The van der Waals surface area contributed by atoms with Crippen LogP contribution in [0.5, 0.6) is 5.75 Å². The third kappa shape index (κ3) is 3.79. The quantitative estimate of drug-likeness (QED) is 0.817. The molecule has 1 fully saturated rings. The van der Waals surface area contributed by atoms with Crippen molar-refractivity contribution in [2.24, 2.45) is 0 Å². The van der Waals surface area contributed by atoms with E-state index in [2.05, 4.69) is 0 Å². The first kappa shape index (κ1) is 17.0. The van der Waals surface area contributed by atoms with E-state index in [-0.39, 0.29) is 23.5 Å². The normalized spacial score (nSPS) is 19.1. The van der Waals surface area contributed by atoms with E-state index in [9.17, 15) is 13.2 Å². The van der Waals surface area contributed by atoms with Gasteiger partial charge in [-0.1, -0.05) is 6.07 Å². The second kappa shape index (κ2) is 6.94. The number of hydrogen-bond donors (Lipinski definition) is 0. The van der Waals surface area contributed by atoms with Gasteiger partial charge in [-0.2, -0.15) is 0 Å². The number of rotatable bonds is 5. The van der Waals surface area contributed by atoms with Crippen LogP contribution in [0.15, 0.2) is 41.8 Å². The Morgan fingerprint density at radius 3 is 2.58 bits per heavy atom. The number of carbonyl (C=O) groups excluding carboxylic acids is 1. The number of sulfone groups is 1. The van der Waals surface area contributed by atoms with Crippen LogP contribution in [0.1, 0.15) is 21.7 Å². The molecule has 3 rings (SSSR count). The van der Waals surface area contributed by atoms with E-state index in [0.717, 1.165) is 4.88 Å². The molecule has 1 aliphatic rings. The van der Waals surface area contributed by atoms with Crippen LogP contribution in [0.3, 0.4) is 0 Å². The van der Waals surface area contributed by atoms with E-state index < -0.39 is 9.84 Å². The van der Waals surface area contributed by atoms with Gasteiger partial charge in [0.25, 0.3) is 5.91 Å². The van der Waals surface area contributed by atoms with Crippen molar-refractivity contribution < 1.29 is 17.9 Å². The van der Waals surface area contributed by atoms with E-state index in [4.69, 9.17) is 4.74 Å². The minimum atomic E-state index is -3.06. The van der Waals surface area contributed by atoms with E-state index in [1.807, 2.05) is 17.5 Å². The second-order valence-electron chi connectivity index (χ2n) is 5.80. The third-order valence-electron chi connectivity index (χ3n) is 4.15. The molecule has 1 amide bonds. The van der Waals surface area contributed by atoms with Crippen molar-refractivity contribution >= 4 is 27.1 Å². The summed E-state index contributed by atoms with van der Waals surface area (Å²) in [5.74, 6) is 0.724. The highest BCUT2D eigenvalue weighted by atomic mass is 32.2. The molecule has 0 unspecified atom stereocenters. The zero-order chi connectivity index (χ0) is 17.2. The maximum atomic E-state index is 13.0. The average molecular weight is 365 g/mol. The van der Waals surface area contributed by atoms with Crippen LogP contribution in [0.25, 0.3) is 0 Å². The van der Waals surface area contributed by atoms with Crippen molar-refractivity contribution in [1.29, 1.82) is 0 Å². The van der Waals surface area contributed by atoms with Crippen LogP contribution in [-0.4, -0.2) is 43.9 Å². The van der Waals surface area contributed by atoms with Gasteiger partial charge in [-0.15, -0.1) is 11.3 Å². The van der Waals surface area contributed by atoms with Gasteiger partial charge in [-0.05, 0) is 42.1 Å². The predicted octanol–water partition coefficient (Wildman–Crippen LogP) is 2.59. The van der Waals surface area contributed by atoms with E-state index in [0.29, 0.717) is 24.3 Å². The number of nitrogens with zero attached hydrogens (tertiary/aromatic N) is 1. The van der Waals surface area contributed by atoms with Gasteiger partial charge < -0.3 is 9.64 Å². The van der Waals surface area contributed by atoms with Crippen LogP contribution in [0, 0.1) is 0 Å². The SMILES string of the molecule is COc1ccc(C(=O)N(Cc2cccs2)[C@H]2CCS(=O)(=O)C2)cc1. The summed E-state index contributed by atoms with van der Waals surface area (Å²) in [4.78, 5) is 15.7. The van der Waals surface area contributed by atoms with Crippen LogP contribution < -0.4 is 4.74 Å². The van der Waals surface area contributed by atoms with Crippen LogP contribution in [0.2, 0.25) is 0 Å². The fourth-order valence-corrected chi connectivity index (χ4v) is 5.29. The molecule has 1 atom stereocenters. The zero-order valence-electron chi connectivity index (χ0n) is 13.3. The summed E-state index contributed by atoms with van der Waals surface area (Å²) in [6.07, 6.45) is 0.496. The lowest BCUT2D eigenvalue weighted by Gasteiger charge is -2.28. The summed E-state index contributed by atoms with van der Waals surface area (Å²) >= 11 is 1.57. The van der Waals surface area contributed by atoms with Crippen molar-refractivity contribution in [2.45, 2.75) is 19.0 Å². The van der Waals surface area contributed by atoms with E-state index in [1.54, 1.807) is 47.6 Å². The van der Waals surface area contributed by atoms with Crippen LogP contribution in [0.4, 0.5) is 0 Å². The Kier molecular flexibility index (Phi) is 4.91. The minimum absolute atomic E-state index is 0.0419. The number of benzene rings is 1. The molecular weight excluding hydrogens is 346 g/mol. The summed E-state index contributed by atoms with van der Waals surface area (Å²) in [6, 6.07) is 10.5. The topological polar surface area (TPSA) is 63.7 Å². The van der Waals surface area contributed by atoms with Gasteiger partial charge >= 0.3 is 0 Å². The molecule has 2 heterocycles. The Morgan fingerprint density at radius 2 is 2.04 bits per heavy atom. The summed E-state index contributed by atoms with van der Waals surface area (Å²) in [5.41, 5.74) is 0.539. The molecule has 24 heavy (non-hydrogen) atoms. The van der Waals surface area contributed by atoms with Gasteiger partial charge in [0.2, 0.25) is 0 Å². The molecular formula is C17H19NO4S2. The first-order valence-corrected chi connectivity index (χ1v) is 10.4. The number of ether oxygens (including phenoxy) is 1. The lowest BCUT2D eigenvalue weighted by atomic mass is 10.1. The Labute approximate surface area is 145 Å². The van der Waals surface area contributed by atoms with Gasteiger partial charge in [0.15, 0.2) is 9.84 Å². The van der Waals surface area contributed by atoms with Gasteiger partial charge in [-0.3, -0.25) is 4.79 Å². The predicted molar refractivity (Wildman–Crippen MR) is 94.2 cm³/mol. The molecule has 5 nitrogen and oxygen atoms in total. The van der Waals surface area contributed by atoms with Crippen molar-refractivity contribution in [3.05, 3.63) is 52.2 Å². The summed E-state index contributed by atoms with van der Waals surface area (Å²) in [5, 5.41) is 1.96. The minimum Gasteiger partial charge on any atom is -0.497 e. The molecule has 128 valence electrons. The number of hydrogen-bond acceptors (Lipinski definition) is 5. The largest absolute Gasteiger partial charge is 0.497 e. The van der Waals surface area contributed by atoms with Crippen molar-refractivity contribution in [1.82, 2.24) is 4.90 Å². The summed E-state index contributed by atoms with van der Waals surface area (Å²) < 4.78 is 28.8. The smallest absolute Gasteiger partial charge is 0.254 e. The maximum Gasteiger partial charge on any atom is 0.254 e. The highest BCUT2D eigenvalue weighted by molar-refractivity contribution is 7.91. The fourth-order valence-electron chi connectivity index (χ4n) is 2.86.